The van der Waals surface area contributed by atoms with Gasteiger partial charge in [-0.3, -0.25) is 4.57 Å². The van der Waals surface area contributed by atoms with Crippen molar-refractivity contribution in [3.05, 3.63) is 94.0 Å². The predicted molar refractivity (Wildman–Crippen MR) is 141 cm³/mol. The average molecular weight is 539 g/mol. The first kappa shape index (κ1) is 26.0. The van der Waals surface area contributed by atoms with Crippen LogP contribution in [0.25, 0.3) is 21.9 Å². The summed E-state index contributed by atoms with van der Waals surface area (Å²) in [4.78, 5) is 30.8. The van der Waals surface area contributed by atoms with E-state index in [-0.39, 0.29) is 18.6 Å². The Kier molecular flexibility index (Phi) is 6.59. The molecule has 0 radical (unpaired) electrons. The van der Waals surface area contributed by atoms with Gasteiger partial charge in [0.2, 0.25) is 0 Å². The number of benzene rings is 3. The van der Waals surface area contributed by atoms with Crippen LogP contribution >= 0.6 is 11.8 Å². The number of carbonyl (C=O) groups is 1. The summed E-state index contributed by atoms with van der Waals surface area (Å²) >= 11 is 1.27. The molecule has 0 amide bonds. The van der Waals surface area contributed by atoms with Crippen LogP contribution in [0.5, 0.6) is 0 Å². The van der Waals surface area contributed by atoms with E-state index in [1.54, 1.807) is 13.0 Å². The minimum atomic E-state index is -4.55. The number of hydrogen-bond acceptors (Lipinski definition) is 5. The SMILES string of the molecule is CCOC(=O)C1n2c(c(-c3cccc(C(F)(F)F)c3)c(Cc3cccc4ccccc34)nc2=O)SC1(C)C. The Hall–Kier alpha value is -3.59. The lowest BCUT2D eigenvalue weighted by Gasteiger charge is -2.24. The molecule has 0 saturated heterocycles. The molecule has 2 heterocycles. The summed E-state index contributed by atoms with van der Waals surface area (Å²) in [6.45, 7) is 5.43. The third kappa shape index (κ3) is 4.60. The molecule has 3 aromatic carbocycles. The molecule has 5 rings (SSSR count). The largest absolute Gasteiger partial charge is 0.464 e. The van der Waals surface area contributed by atoms with Gasteiger partial charge in [0.15, 0.2) is 6.04 Å². The number of aromatic nitrogens is 2. The summed E-state index contributed by atoms with van der Waals surface area (Å²) in [5.41, 5.74) is 0.483. The second kappa shape index (κ2) is 9.62. The van der Waals surface area contributed by atoms with Crippen LogP contribution in [0.1, 0.15) is 43.6 Å². The molecular formula is C29H25F3N2O3S. The zero-order valence-corrected chi connectivity index (χ0v) is 21.8. The monoisotopic (exact) mass is 538 g/mol. The second-order valence-electron chi connectivity index (χ2n) is 9.64. The van der Waals surface area contributed by atoms with E-state index >= 15 is 0 Å². The molecule has 0 fully saturated rings. The maximum absolute atomic E-state index is 13.7. The number of halogens is 3. The fourth-order valence-electron chi connectivity index (χ4n) is 5.01. The molecule has 5 nitrogen and oxygen atoms in total. The molecule has 1 aliphatic heterocycles. The molecular weight excluding hydrogens is 513 g/mol. The van der Waals surface area contributed by atoms with Crippen molar-refractivity contribution in [3.63, 3.8) is 0 Å². The quantitative estimate of drug-likeness (QED) is 0.210. The number of hydrogen-bond donors (Lipinski definition) is 0. The number of nitrogens with zero attached hydrogens (tertiary/aromatic N) is 2. The number of ether oxygens (including phenoxy) is 1. The molecule has 0 bridgehead atoms. The fourth-order valence-corrected chi connectivity index (χ4v) is 6.44. The van der Waals surface area contributed by atoms with Crippen molar-refractivity contribution in [2.24, 2.45) is 0 Å². The minimum absolute atomic E-state index is 0.132. The first-order chi connectivity index (χ1) is 18.0. The summed E-state index contributed by atoms with van der Waals surface area (Å²) < 4.78 is 46.8. The summed E-state index contributed by atoms with van der Waals surface area (Å²) in [5.74, 6) is -0.579. The van der Waals surface area contributed by atoms with Gasteiger partial charge in [-0.15, -0.1) is 0 Å². The van der Waals surface area contributed by atoms with Crippen LogP contribution in [0, 0.1) is 0 Å². The Labute approximate surface area is 221 Å². The van der Waals surface area contributed by atoms with E-state index in [9.17, 15) is 22.8 Å². The molecule has 0 saturated carbocycles. The Morgan fingerprint density at radius 3 is 2.53 bits per heavy atom. The van der Waals surface area contributed by atoms with Crippen LogP contribution in [-0.4, -0.2) is 26.9 Å². The maximum Gasteiger partial charge on any atom is 0.416 e. The van der Waals surface area contributed by atoms with Crippen molar-refractivity contribution >= 4 is 28.5 Å². The third-order valence-electron chi connectivity index (χ3n) is 6.66. The summed E-state index contributed by atoms with van der Waals surface area (Å²) in [7, 11) is 0. The van der Waals surface area contributed by atoms with Gasteiger partial charge in [-0.1, -0.05) is 66.4 Å². The normalized spacial score (nSPS) is 16.4. The van der Waals surface area contributed by atoms with Crippen LogP contribution < -0.4 is 5.69 Å². The zero-order chi connectivity index (χ0) is 27.2. The topological polar surface area (TPSA) is 61.2 Å². The highest BCUT2D eigenvalue weighted by molar-refractivity contribution is 8.01. The second-order valence-corrected chi connectivity index (χ2v) is 11.3. The molecule has 4 aromatic rings. The van der Waals surface area contributed by atoms with Gasteiger partial charge in [0.25, 0.3) is 0 Å². The van der Waals surface area contributed by atoms with Gasteiger partial charge in [0, 0.05) is 16.7 Å². The standard InChI is InChI=1S/C29H25F3N2O3S/c1-4-37-26(35)24-28(2,3)38-25-23(19-12-8-13-20(15-19)29(30,31)32)22(33-27(36)34(24)25)16-18-11-7-10-17-9-5-6-14-21(17)18/h5-15,24H,4,16H2,1-3H3. The van der Waals surface area contributed by atoms with Gasteiger partial charge in [0.1, 0.15) is 0 Å². The van der Waals surface area contributed by atoms with E-state index in [1.165, 1.54) is 22.4 Å². The van der Waals surface area contributed by atoms with Crippen LogP contribution in [0.2, 0.25) is 0 Å². The number of fused-ring (bicyclic) bond motifs is 2. The molecule has 196 valence electrons. The van der Waals surface area contributed by atoms with Crippen molar-refractivity contribution in [1.82, 2.24) is 9.55 Å². The van der Waals surface area contributed by atoms with Gasteiger partial charge in [0.05, 0.1) is 22.9 Å². The van der Waals surface area contributed by atoms with E-state index in [4.69, 9.17) is 4.74 Å². The molecule has 38 heavy (non-hydrogen) atoms. The lowest BCUT2D eigenvalue weighted by Crippen LogP contribution is -2.39. The molecule has 1 aliphatic rings. The van der Waals surface area contributed by atoms with Gasteiger partial charge in [-0.25, -0.2) is 9.59 Å². The molecule has 1 atom stereocenters. The molecule has 1 unspecified atom stereocenters. The van der Waals surface area contributed by atoms with Crippen molar-refractivity contribution in [2.75, 3.05) is 6.61 Å². The first-order valence-electron chi connectivity index (χ1n) is 12.2. The molecule has 1 aromatic heterocycles. The van der Waals surface area contributed by atoms with Gasteiger partial charge in [-0.05, 0) is 54.8 Å². The first-order valence-corrected chi connectivity index (χ1v) is 13.0. The lowest BCUT2D eigenvalue weighted by atomic mass is 9.95. The third-order valence-corrected chi connectivity index (χ3v) is 8.00. The Morgan fingerprint density at radius 2 is 1.79 bits per heavy atom. The maximum atomic E-state index is 13.7. The van der Waals surface area contributed by atoms with E-state index in [0.717, 1.165) is 28.5 Å². The highest BCUT2D eigenvalue weighted by Crippen LogP contribution is 2.52. The summed E-state index contributed by atoms with van der Waals surface area (Å²) in [5, 5.41) is 2.37. The lowest BCUT2D eigenvalue weighted by molar-refractivity contribution is -0.148. The van der Waals surface area contributed by atoms with Crippen LogP contribution in [-0.2, 0) is 22.1 Å². The van der Waals surface area contributed by atoms with Crippen molar-refractivity contribution in [2.45, 2.75) is 49.2 Å². The molecule has 9 heteroatoms. The van der Waals surface area contributed by atoms with Crippen molar-refractivity contribution in [1.29, 1.82) is 0 Å². The number of carbonyl (C=O) groups excluding carboxylic acids is 1. The highest BCUT2D eigenvalue weighted by atomic mass is 32.2. The van der Waals surface area contributed by atoms with Gasteiger partial charge >= 0.3 is 17.8 Å². The molecule has 0 spiro atoms. The van der Waals surface area contributed by atoms with Crippen LogP contribution in [0.4, 0.5) is 13.2 Å². The molecule has 0 aliphatic carbocycles. The zero-order valence-electron chi connectivity index (χ0n) is 21.0. The van der Waals surface area contributed by atoms with E-state index in [0.29, 0.717) is 16.3 Å². The number of thioether (sulfide) groups is 1. The number of esters is 1. The summed E-state index contributed by atoms with van der Waals surface area (Å²) in [6, 6.07) is 17.6. The Balaban J connectivity index is 1.78. The average Bonchev–Trinajstić information content (AvgIpc) is 3.15. The van der Waals surface area contributed by atoms with E-state index in [2.05, 4.69) is 4.98 Å². The Bertz CT molecular complexity index is 1610. The predicted octanol–water partition coefficient (Wildman–Crippen LogP) is 6.66. The summed E-state index contributed by atoms with van der Waals surface area (Å²) in [6.07, 6.45) is -4.32. The van der Waals surface area contributed by atoms with Crippen LogP contribution in [0.15, 0.2) is 76.6 Å². The fraction of sp³-hybridized carbons (Fsp3) is 0.276. The van der Waals surface area contributed by atoms with Crippen molar-refractivity contribution < 1.29 is 22.7 Å². The van der Waals surface area contributed by atoms with Gasteiger partial charge in [-0.2, -0.15) is 18.2 Å². The van der Waals surface area contributed by atoms with Crippen molar-refractivity contribution in [3.8, 4) is 11.1 Å². The Morgan fingerprint density at radius 1 is 1.08 bits per heavy atom. The van der Waals surface area contributed by atoms with E-state index in [1.807, 2.05) is 56.3 Å². The smallest absolute Gasteiger partial charge is 0.416 e. The number of rotatable bonds is 5. The van der Waals surface area contributed by atoms with Crippen LogP contribution in [0.3, 0.4) is 0 Å². The number of alkyl halides is 3. The molecule has 0 N–H and O–H groups in total. The highest BCUT2D eigenvalue weighted by Gasteiger charge is 2.48. The van der Waals surface area contributed by atoms with E-state index < -0.39 is 34.2 Å². The minimum Gasteiger partial charge on any atom is -0.464 e. The van der Waals surface area contributed by atoms with Gasteiger partial charge < -0.3 is 4.74 Å².